The standard InChI is InChI=1S/C14H20Cl2N2/c1-9-3-2-4-12(9)14(18-17)7-10-5-6-11(15)8-13(10)16/h5-6,8-9,12,14,18H,2-4,7,17H2,1H3. The highest BCUT2D eigenvalue weighted by Crippen LogP contribution is 2.35. The maximum absolute atomic E-state index is 6.22. The van der Waals surface area contributed by atoms with Gasteiger partial charge in [0, 0.05) is 16.1 Å². The van der Waals surface area contributed by atoms with Gasteiger partial charge >= 0.3 is 0 Å². The van der Waals surface area contributed by atoms with E-state index in [-0.39, 0.29) is 0 Å². The van der Waals surface area contributed by atoms with Gasteiger partial charge in [0.2, 0.25) is 0 Å². The van der Waals surface area contributed by atoms with Crippen LogP contribution in [0.2, 0.25) is 10.0 Å². The van der Waals surface area contributed by atoms with Crippen molar-refractivity contribution in [2.45, 2.75) is 38.6 Å². The van der Waals surface area contributed by atoms with Crippen molar-refractivity contribution in [1.29, 1.82) is 0 Å². The molecule has 3 N–H and O–H groups in total. The maximum Gasteiger partial charge on any atom is 0.0453 e. The SMILES string of the molecule is CC1CCCC1C(Cc1ccc(Cl)cc1Cl)NN. The third-order valence-corrected chi connectivity index (χ3v) is 4.70. The Morgan fingerprint density at radius 1 is 1.39 bits per heavy atom. The third kappa shape index (κ3) is 3.18. The number of hydrogen-bond donors (Lipinski definition) is 2. The normalized spacial score (nSPS) is 25.3. The number of benzene rings is 1. The lowest BCUT2D eigenvalue weighted by molar-refractivity contribution is 0.297. The second-order valence-electron chi connectivity index (χ2n) is 5.29. The van der Waals surface area contributed by atoms with Crippen LogP contribution in [-0.2, 0) is 6.42 Å². The van der Waals surface area contributed by atoms with E-state index in [9.17, 15) is 0 Å². The van der Waals surface area contributed by atoms with Gasteiger partial charge in [-0.15, -0.1) is 0 Å². The molecule has 0 heterocycles. The fourth-order valence-electron chi connectivity index (χ4n) is 3.03. The molecule has 1 aromatic rings. The second-order valence-corrected chi connectivity index (χ2v) is 6.13. The van der Waals surface area contributed by atoms with Gasteiger partial charge in [0.05, 0.1) is 0 Å². The van der Waals surface area contributed by atoms with Crippen molar-refractivity contribution < 1.29 is 0 Å². The van der Waals surface area contributed by atoms with Gasteiger partial charge in [-0.05, 0) is 42.4 Å². The molecule has 0 saturated heterocycles. The van der Waals surface area contributed by atoms with Gasteiger partial charge in [-0.1, -0.05) is 49.0 Å². The van der Waals surface area contributed by atoms with Gasteiger partial charge in [0.1, 0.15) is 0 Å². The molecule has 0 radical (unpaired) electrons. The minimum absolute atomic E-state index is 0.293. The van der Waals surface area contributed by atoms with Gasteiger partial charge in [0.25, 0.3) is 0 Å². The van der Waals surface area contributed by atoms with Gasteiger partial charge in [-0.2, -0.15) is 0 Å². The molecule has 0 spiro atoms. The summed E-state index contributed by atoms with van der Waals surface area (Å²) < 4.78 is 0. The molecule has 0 amide bonds. The van der Waals surface area contributed by atoms with Crippen molar-refractivity contribution in [3.05, 3.63) is 33.8 Å². The predicted octanol–water partition coefficient (Wildman–Crippen LogP) is 3.80. The van der Waals surface area contributed by atoms with E-state index in [0.29, 0.717) is 17.0 Å². The van der Waals surface area contributed by atoms with E-state index in [1.165, 1.54) is 19.3 Å². The summed E-state index contributed by atoms with van der Waals surface area (Å²) >= 11 is 12.1. The van der Waals surface area contributed by atoms with E-state index in [0.717, 1.165) is 22.9 Å². The van der Waals surface area contributed by atoms with Crippen molar-refractivity contribution >= 4 is 23.2 Å². The topological polar surface area (TPSA) is 38.0 Å². The summed E-state index contributed by atoms with van der Waals surface area (Å²) in [5.41, 5.74) is 4.09. The minimum atomic E-state index is 0.293. The van der Waals surface area contributed by atoms with E-state index in [4.69, 9.17) is 29.0 Å². The van der Waals surface area contributed by atoms with Gasteiger partial charge < -0.3 is 0 Å². The summed E-state index contributed by atoms with van der Waals surface area (Å²) in [5, 5.41) is 1.41. The summed E-state index contributed by atoms with van der Waals surface area (Å²) in [7, 11) is 0. The van der Waals surface area contributed by atoms with Crippen LogP contribution in [0.25, 0.3) is 0 Å². The Bertz CT molecular complexity index is 409. The molecule has 18 heavy (non-hydrogen) atoms. The first-order valence-corrected chi connectivity index (χ1v) is 7.27. The van der Waals surface area contributed by atoms with Crippen LogP contribution in [0.1, 0.15) is 31.7 Å². The van der Waals surface area contributed by atoms with Crippen molar-refractivity contribution in [2.24, 2.45) is 17.7 Å². The fourth-order valence-corrected chi connectivity index (χ4v) is 3.52. The van der Waals surface area contributed by atoms with Crippen molar-refractivity contribution in [3.63, 3.8) is 0 Å². The number of halogens is 2. The third-order valence-electron chi connectivity index (χ3n) is 4.11. The number of nitrogens with one attached hydrogen (secondary N) is 1. The summed E-state index contributed by atoms with van der Waals surface area (Å²) in [4.78, 5) is 0. The largest absolute Gasteiger partial charge is 0.271 e. The molecule has 3 unspecified atom stereocenters. The van der Waals surface area contributed by atoms with Gasteiger partial charge in [0.15, 0.2) is 0 Å². The first-order valence-electron chi connectivity index (χ1n) is 6.52. The first kappa shape index (κ1) is 14.1. The minimum Gasteiger partial charge on any atom is -0.271 e. The molecule has 2 nitrogen and oxygen atoms in total. The molecule has 100 valence electrons. The van der Waals surface area contributed by atoms with E-state index >= 15 is 0 Å². The Morgan fingerprint density at radius 2 is 2.17 bits per heavy atom. The summed E-state index contributed by atoms with van der Waals surface area (Å²) in [6.07, 6.45) is 4.72. The highest BCUT2D eigenvalue weighted by molar-refractivity contribution is 6.35. The fraction of sp³-hybridized carbons (Fsp3) is 0.571. The highest BCUT2D eigenvalue weighted by atomic mass is 35.5. The zero-order valence-electron chi connectivity index (χ0n) is 10.6. The summed E-state index contributed by atoms with van der Waals surface area (Å²) in [5.74, 6) is 7.10. The molecule has 1 aliphatic rings. The van der Waals surface area contributed by atoms with Crippen LogP contribution in [0, 0.1) is 11.8 Å². The van der Waals surface area contributed by atoms with Crippen molar-refractivity contribution in [1.82, 2.24) is 5.43 Å². The molecule has 0 aromatic heterocycles. The second kappa shape index (κ2) is 6.25. The van der Waals surface area contributed by atoms with Crippen LogP contribution in [0.4, 0.5) is 0 Å². The summed E-state index contributed by atoms with van der Waals surface area (Å²) in [6, 6.07) is 5.97. The zero-order valence-corrected chi connectivity index (χ0v) is 12.1. The Labute approximate surface area is 119 Å². The van der Waals surface area contributed by atoms with Crippen LogP contribution in [0.3, 0.4) is 0 Å². The average Bonchev–Trinajstić information content (AvgIpc) is 2.75. The maximum atomic E-state index is 6.22. The number of nitrogens with two attached hydrogens (primary N) is 1. The van der Waals surface area contributed by atoms with E-state index < -0.39 is 0 Å². The predicted molar refractivity (Wildman–Crippen MR) is 77.8 cm³/mol. The van der Waals surface area contributed by atoms with Gasteiger partial charge in [-0.3, -0.25) is 11.3 Å². The van der Waals surface area contributed by atoms with Crippen LogP contribution in [-0.4, -0.2) is 6.04 Å². The molecular formula is C14H20Cl2N2. The lowest BCUT2D eigenvalue weighted by Gasteiger charge is -2.26. The van der Waals surface area contributed by atoms with E-state index in [2.05, 4.69) is 12.3 Å². The molecule has 4 heteroatoms. The van der Waals surface area contributed by atoms with Crippen LogP contribution in [0.15, 0.2) is 18.2 Å². The Morgan fingerprint density at radius 3 is 2.72 bits per heavy atom. The molecule has 0 aliphatic heterocycles. The molecule has 2 rings (SSSR count). The van der Waals surface area contributed by atoms with Crippen LogP contribution >= 0.6 is 23.2 Å². The Hall–Kier alpha value is -0.280. The molecule has 1 saturated carbocycles. The Balaban J connectivity index is 2.10. The highest BCUT2D eigenvalue weighted by Gasteiger charge is 2.30. The van der Waals surface area contributed by atoms with Crippen molar-refractivity contribution in [3.8, 4) is 0 Å². The Kier molecular flexibility index (Phi) is 4.91. The number of hydrazine groups is 1. The van der Waals surface area contributed by atoms with Gasteiger partial charge in [-0.25, -0.2) is 0 Å². The lowest BCUT2D eigenvalue weighted by atomic mass is 9.87. The first-order chi connectivity index (χ1) is 8.61. The smallest absolute Gasteiger partial charge is 0.0453 e. The number of hydrogen-bond acceptors (Lipinski definition) is 2. The molecule has 3 atom stereocenters. The van der Waals surface area contributed by atoms with E-state index in [1.54, 1.807) is 6.07 Å². The van der Waals surface area contributed by atoms with Crippen LogP contribution in [0.5, 0.6) is 0 Å². The lowest BCUT2D eigenvalue weighted by Crippen LogP contribution is -2.43. The van der Waals surface area contributed by atoms with Crippen molar-refractivity contribution in [2.75, 3.05) is 0 Å². The molecule has 1 fully saturated rings. The molecule has 1 aliphatic carbocycles. The number of rotatable bonds is 4. The molecule has 1 aromatic carbocycles. The van der Waals surface area contributed by atoms with E-state index in [1.807, 2.05) is 12.1 Å². The molecular weight excluding hydrogens is 267 g/mol. The van der Waals surface area contributed by atoms with Crippen LogP contribution < -0.4 is 11.3 Å². The monoisotopic (exact) mass is 286 g/mol. The quantitative estimate of drug-likeness (QED) is 0.653. The average molecular weight is 287 g/mol. The summed E-state index contributed by atoms with van der Waals surface area (Å²) in [6.45, 7) is 2.31. The molecule has 0 bridgehead atoms. The zero-order chi connectivity index (χ0) is 13.1.